The van der Waals surface area contributed by atoms with Gasteiger partial charge in [0.25, 0.3) is 0 Å². The van der Waals surface area contributed by atoms with Gasteiger partial charge in [-0.2, -0.15) is 0 Å². The van der Waals surface area contributed by atoms with Gasteiger partial charge in [-0.3, -0.25) is 0 Å². The third-order valence-electron chi connectivity index (χ3n) is 3.61. The fourth-order valence-electron chi connectivity index (χ4n) is 2.02. The number of nitrogens with one attached hydrogen (secondary N) is 2. The zero-order valence-corrected chi connectivity index (χ0v) is 13.4. The molecule has 2 nitrogen and oxygen atoms in total. The molecule has 1 aliphatic rings. The largest absolute Gasteiger partial charge is 0.374 e. The molecule has 0 aromatic heterocycles. The summed E-state index contributed by atoms with van der Waals surface area (Å²) in [6, 6.07) is 0. The Balaban J connectivity index is 3.06. The van der Waals surface area contributed by atoms with E-state index in [0.29, 0.717) is 0 Å². The van der Waals surface area contributed by atoms with E-state index in [2.05, 4.69) is 62.8 Å². The van der Waals surface area contributed by atoms with Gasteiger partial charge in [-0.25, -0.2) is 0 Å². The number of rotatable bonds is 5. The van der Waals surface area contributed by atoms with Gasteiger partial charge in [0.1, 0.15) is 5.82 Å². The third kappa shape index (κ3) is 3.77. The molecule has 0 amide bonds. The highest BCUT2D eigenvalue weighted by atomic mass is 15.1. The monoisotopic (exact) mass is 270 g/mol. The molecule has 0 aromatic rings. The van der Waals surface area contributed by atoms with Crippen LogP contribution in [0.3, 0.4) is 0 Å². The second-order valence-electron chi connectivity index (χ2n) is 5.19. The summed E-state index contributed by atoms with van der Waals surface area (Å²) in [6.45, 7) is 17.6. The predicted molar refractivity (Wildman–Crippen MR) is 89.3 cm³/mol. The van der Waals surface area contributed by atoms with Crippen LogP contribution in [0.2, 0.25) is 0 Å². The zero-order valence-electron chi connectivity index (χ0n) is 13.4. The van der Waals surface area contributed by atoms with Crippen molar-refractivity contribution in [1.82, 2.24) is 10.6 Å². The van der Waals surface area contributed by atoms with Crippen molar-refractivity contribution in [2.45, 2.75) is 27.7 Å². The van der Waals surface area contributed by atoms with Crippen LogP contribution in [-0.2, 0) is 0 Å². The van der Waals surface area contributed by atoms with Gasteiger partial charge in [-0.05, 0) is 44.4 Å². The lowest BCUT2D eigenvalue weighted by molar-refractivity contribution is 0.752. The molecule has 0 radical (unpaired) electrons. The van der Waals surface area contributed by atoms with E-state index in [1.807, 2.05) is 14.0 Å². The van der Waals surface area contributed by atoms with Gasteiger partial charge in [-0.1, -0.05) is 42.5 Å². The fraction of sp³-hybridized carbons (Fsp3) is 0.333. The smallest absolute Gasteiger partial charge is 0.107 e. The van der Waals surface area contributed by atoms with E-state index in [9.17, 15) is 0 Å². The molecule has 0 aromatic carbocycles. The Hall–Kier alpha value is -1.96. The highest BCUT2D eigenvalue weighted by Gasteiger charge is 2.13. The Morgan fingerprint density at radius 3 is 2.50 bits per heavy atom. The number of dihydropyridines is 1. The Morgan fingerprint density at radius 2 is 1.95 bits per heavy atom. The molecular weight excluding hydrogens is 244 g/mol. The second-order valence-corrected chi connectivity index (χ2v) is 5.19. The first-order valence-corrected chi connectivity index (χ1v) is 6.93. The lowest BCUT2D eigenvalue weighted by atomic mass is 9.94. The van der Waals surface area contributed by atoms with Crippen molar-refractivity contribution in [3.63, 3.8) is 0 Å². The van der Waals surface area contributed by atoms with Crippen molar-refractivity contribution in [2.75, 3.05) is 13.6 Å². The number of hydrogen-bond acceptors (Lipinski definition) is 2. The zero-order chi connectivity index (χ0) is 15.3. The van der Waals surface area contributed by atoms with Crippen molar-refractivity contribution in [3.8, 4) is 0 Å². The highest BCUT2D eigenvalue weighted by molar-refractivity contribution is 5.57. The molecule has 0 bridgehead atoms. The van der Waals surface area contributed by atoms with E-state index in [0.717, 1.165) is 29.1 Å². The van der Waals surface area contributed by atoms with Gasteiger partial charge >= 0.3 is 0 Å². The Labute approximate surface area is 123 Å². The minimum absolute atomic E-state index is 0.867. The summed E-state index contributed by atoms with van der Waals surface area (Å²) in [4.78, 5) is 0. The van der Waals surface area contributed by atoms with Crippen LogP contribution in [0.4, 0.5) is 0 Å². The minimum atomic E-state index is 0.867. The van der Waals surface area contributed by atoms with Gasteiger partial charge in [0.2, 0.25) is 0 Å². The van der Waals surface area contributed by atoms with Gasteiger partial charge in [-0.15, -0.1) is 0 Å². The van der Waals surface area contributed by atoms with Crippen molar-refractivity contribution in [2.24, 2.45) is 0 Å². The summed E-state index contributed by atoms with van der Waals surface area (Å²) in [6.07, 6.45) is 6.36. The molecule has 0 unspecified atom stereocenters. The maximum atomic E-state index is 4.20. The van der Waals surface area contributed by atoms with Crippen LogP contribution in [0.5, 0.6) is 0 Å². The van der Waals surface area contributed by atoms with Crippen LogP contribution in [-0.4, -0.2) is 13.6 Å². The second kappa shape index (κ2) is 6.99. The van der Waals surface area contributed by atoms with Crippen molar-refractivity contribution >= 4 is 0 Å². The lowest BCUT2D eigenvalue weighted by Crippen LogP contribution is -2.29. The number of allylic oxidation sites excluding steroid dienone is 8. The molecule has 1 heterocycles. The molecule has 0 fully saturated rings. The van der Waals surface area contributed by atoms with Crippen LogP contribution in [0, 0.1) is 0 Å². The van der Waals surface area contributed by atoms with Crippen LogP contribution in [0.1, 0.15) is 27.7 Å². The summed E-state index contributed by atoms with van der Waals surface area (Å²) in [7, 11) is 1.91. The maximum Gasteiger partial charge on any atom is 0.107 e. The van der Waals surface area contributed by atoms with E-state index in [1.54, 1.807) is 0 Å². The topological polar surface area (TPSA) is 24.1 Å². The first-order valence-electron chi connectivity index (χ1n) is 6.93. The average Bonchev–Trinajstić information content (AvgIpc) is 2.45. The van der Waals surface area contributed by atoms with Gasteiger partial charge in [0.15, 0.2) is 0 Å². The SMILES string of the molecule is C=C(/C=C(C)\C(C)=C/C)C(=C)C1=C(NC)NCC(C)=C1. The highest BCUT2D eigenvalue weighted by Crippen LogP contribution is 2.25. The quantitative estimate of drug-likeness (QED) is 0.738. The summed E-state index contributed by atoms with van der Waals surface area (Å²) in [5.74, 6) is 1.01. The molecule has 2 heteroatoms. The fourth-order valence-corrected chi connectivity index (χ4v) is 2.02. The van der Waals surface area contributed by atoms with Crippen molar-refractivity contribution < 1.29 is 0 Å². The van der Waals surface area contributed by atoms with Crippen LogP contribution in [0.25, 0.3) is 0 Å². The molecule has 20 heavy (non-hydrogen) atoms. The van der Waals surface area contributed by atoms with Crippen LogP contribution >= 0.6 is 0 Å². The first kappa shape index (κ1) is 16.1. The van der Waals surface area contributed by atoms with Gasteiger partial charge in [0, 0.05) is 19.2 Å². The molecule has 0 saturated carbocycles. The van der Waals surface area contributed by atoms with E-state index in [1.165, 1.54) is 16.7 Å². The molecule has 2 N–H and O–H groups in total. The van der Waals surface area contributed by atoms with E-state index in [-0.39, 0.29) is 0 Å². The molecule has 0 aliphatic carbocycles. The molecule has 108 valence electrons. The standard InChI is InChI=1S/C18H26N2/c1-8-13(3)14(4)10-15(5)16(6)17-9-12(2)11-20-18(17)19-7/h8-10,19-20H,5-6,11H2,1-4,7H3/b13-8-,14-10-. The summed E-state index contributed by atoms with van der Waals surface area (Å²) in [5, 5.41) is 6.55. The predicted octanol–water partition coefficient (Wildman–Crippen LogP) is 3.99. The average molecular weight is 270 g/mol. The van der Waals surface area contributed by atoms with E-state index >= 15 is 0 Å². The van der Waals surface area contributed by atoms with Gasteiger partial charge < -0.3 is 10.6 Å². The Morgan fingerprint density at radius 1 is 1.30 bits per heavy atom. The molecule has 0 spiro atoms. The Kier molecular flexibility index (Phi) is 5.63. The van der Waals surface area contributed by atoms with Crippen LogP contribution < -0.4 is 10.6 Å². The first-order chi connectivity index (χ1) is 9.40. The summed E-state index contributed by atoms with van der Waals surface area (Å²) < 4.78 is 0. The molecule has 1 rings (SSSR count). The van der Waals surface area contributed by atoms with Crippen LogP contribution in [0.15, 0.2) is 70.6 Å². The molecule has 0 saturated heterocycles. The van der Waals surface area contributed by atoms with Crippen molar-refractivity contribution in [3.05, 3.63) is 70.6 Å². The van der Waals surface area contributed by atoms with E-state index < -0.39 is 0 Å². The van der Waals surface area contributed by atoms with Crippen molar-refractivity contribution in [1.29, 1.82) is 0 Å². The molecular formula is C18H26N2. The summed E-state index contributed by atoms with van der Waals surface area (Å²) in [5.41, 5.74) is 6.75. The maximum absolute atomic E-state index is 4.20. The lowest BCUT2D eigenvalue weighted by Gasteiger charge is -2.22. The third-order valence-corrected chi connectivity index (χ3v) is 3.61. The minimum Gasteiger partial charge on any atom is -0.374 e. The summed E-state index contributed by atoms with van der Waals surface area (Å²) >= 11 is 0. The number of hydrogen-bond donors (Lipinski definition) is 2. The normalized spacial score (nSPS) is 16.6. The molecule has 0 atom stereocenters. The molecule has 1 aliphatic heterocycles. The van der Waals surface area contributed by atoms with E-state index in [4.69, 9.17) is 0 Å². The van der Waals surface area contributed by atoms with Gasteiger partial charge in [0.05, 0.1) is 0 Å². The Bertz CT molecular complexity index is 540.